The first-order valence-corrected chi connectivity index (χ1v) is 7.96. The monoisotopic (exact) mass is 364 g/mol. The van der Waals surface area contributed by atoms with Crippen LogP contribution in [0.15, 0.2) is 30.3 Å². The lowest BCUT2D eigenvalue weighted by molar-refractivity contribution is 0.251. The van der Waals surface area contributed by atoms with Crippen molar-refractivity contribution < 1.29 is 19.0 Å². The van der Waals surface area contributed by atoms with Crippen molar-refractivity contribution in [2.45, 2.75) is 13.5 Å². The van der Waals surface area contributed by atoms with E-state index < -0.39 is 0 Å². The number of halogens is 1. The lowest BCUT2D eigenvalue weighted by Gasteiger charge is -2.16. The van der Waals surface area contributed by atoms with Crippen molar-refractivity contribution in [1.29, 1.82) is 0 Å². The molecule has 0 saturated carbocycles. The zero-order valence-electron chi connectivity index (χ0n) is 14.6. The Labute approximate surface area is 152 Å². The third-order valence-electron chi connectivity index (χ3n) is 3.65. The van der Waals surface area contributed by atoms with E-state index in [0.717, 1.165) is 11.1 Å². The summed E-state index contributed by atoms with van der Waals surface area (Å²) in [5, 5.41) is 6.11. The number of hydrogen-bond acceptors (Lipinski definition) is 4. The van der Waals surface area contributed by atoms with Crippen LogP contribution in [-0.4, -0.2) is 27.4 Å². The van der Waals surface area contributed by atoms with Crippen molar-refractivity contribution in [3.63, 3.8) is 0 Å². The lowest BCUT2D eigenvalue weighted by Crippen LogP contribution is -2.28. The molecule has 0 aliphatic heterocycles. The van der Waals surface area contributed by atoms with Crippen molar-refractivity contribution in [1.82, 2.24) is 5.32 Å². The number of carbonyl (C=O) groups is 1. The summed E-state index contributed by atoms with van der Waals surface area (Å²) in [6.07, 6.45) is 0. The van der Waals surface area contributed by atoms with Gasteiger partial charge in [-0.05, 0) is 36.8 Å². The van der Waals surface area contributed by atoms with Gasteiger partial charge in [0.05, 0.1) is 21.3 Å². The highest BCUT2D eigenvalue weighted by atomic mass is 35.5. The maximum absolute atomic E-state index is 12.1. The maximum atomic E-state index is 12.1. The van der Waals surface area contributed by atoms with E-state index >= 15 is 0 Å². The van der Waals surface area contributed by atoms with Crippen LogP contribution in [0.25, 0.3) is 0 Å². The molecule has 2 rings (SSSR count). The van der Waals surface area contributed by atoms with Crippen molar-refractivity contribution in [3.05, 3.63) is 46.5 Å². The van der Waals surface area contributed by atoms with Gasteiger partial charge in [0.25, 0.3) is 0 Å². The van der Waals surface area contributed by atoms with Crippen molar-refractivity contribution >= 4 is 23.3 Å². The molecule has 0 aliphatic rings. The van der Waals surface area contributed by atoms with Crippen LogP contribution < -0.4 is 24.8 Å². The van der Waals surface area contributed by atoms with E-state index in [1.807, 2.05) is 19.1 Å². The summed E-state index contributed by atoms with van der Waals surface area (Å²) >= 11 is 6.06. The van der Waals surface area contributed by atoms with Crippen LogP contribution in [0.2, 0.25) is 5.02 Å². The van der Waals surface area contributed by atoms with Crippen LogP contribution in [0.3, 0.4) is 0 Å². The summed E-state index contributed by atoms with van der Waals surface area (Å²) in [7, 11) is 4.62. The minimum Gasteiger partial charge on any atom is -0.493 e. The normalized spacial score (nSPS) is 10.1. The molecule has 0 bridgehead atoms. The Hall–Kier alpha value is -2.60. The molecule has 7 heteroatoms. The number of carbonyl (C=O) groups excluding carboxylic acids is 1. The lowest BCUT2D eigenvalue weighted by atomic mass is 10.1. The molecule has 2 aromatic rings. The molecule has 2 aromatic carbocycles. The highest BCUT2D eigenvalue weighted by Crippen LogP contribution is 2.39. The highest BCUT2D eigenvalue weighted by Gasteiger charge is 2.16. The SMILES string of the molecule is COc1ccc(CNC(=O)Nc2ccc(C)c(Cl)c2)c(OC)c1OC. The molecule has 0 spiro atoms. The van der Waals surface area contributed by atoms with E-state index in [1.165, 1.54) is 14.2 Å². The van der Waals surface area contributed by atoms with Crippen molar-refractivity contribution in [2.75, 3.05) is 26.6 Å². The molecule has 2 amide bonds. The zero-order chi connectivity index (χ0) is 18.4. The average molecular weight is 365 g/mol. The number of nitrogens with one attached hydrogen (secondary N) is 2. The predicted octanol–water partition coefficient (Wildman–Crippen LogP) is 4.00. The van der Waals surface area contributed by atoms with Gasteiger partial charge < -0.3 is 24.8 Å². The molecular weight excluding hydrogens is 344 g/mol. The van der Waals surface area contributed by atoms with Gasteiger partial charge in [0.15, 0.2) is 11.5 Å². The Balaban J connectivity index is 2.07. The van der Waals surface area contributed by atoms with Crippen LogP contribution >= 0.6 is 11.6 Å². The molecule has 0 unspecified atom stereocenters. The number of aryl methyl sites for hydroxylation is 1. The Kier molecular flexibility index (Phi) is 6.36. The molecule has 0 fully saturated rings. The van der Waals surface area contributed by atoms with Crippen molar-refractivity contribution in [3.8, 4) is 17.2 Å². The summed E-state index contributed by atoms with van der Waals surface area (Å²) in [6, 6.07) is 8.55. The van der Waals surface area contributed by atoms with Gasteiger partial charge in [0.1, 0.15) is 0 Å². The van der Waals surface area contributed by atoms with Crippen LogP contribution in [0.1, 0.15) is 11.1 Å². The Bertz CT molecular complexity index is 765. The number of urea groups is 1. The predicted molar refractivity (Wildman–Crippen MR) is 98.1 cm³/mol. The van der Waals surface area contributed by atoms with Gasteiger partial charge in [-0.25, -0.2) is 4.79 Å². The fraction of sp³-hybridized carbons (Fsp3) is 0.278. The molecule has 0 saturated heterocycles. The number of ether oxygens (including phenoxy) is 3. The van der Waals surface area contributed by atoms with Gasteiger partial charge >= 0.3 is 6.03 Å². The van der Waals surface area contributed by atoms with Crippen molar-refractivity contribution in [2.24, 2.45) is 0 Å². The second-order valence-electron chi connectivity index (χ2n) is 5.27. The Morgan fingerprint density at radius 2 is 1.76 bits per heavy atom. The second kappa shape index (κ2) is 8.48. The average Bonchev–Trinajstić information content (AvgIpc) is 2.61. The Morgan fingerprint density at radius 3 is 2.36 bits per heavy atom. The topological polar surface area (TPSA) is 68.8 Å². The van der Waals surface area contributed by atoms with Gasteiger partial charge in [-0.1, -0.05) is 17.7 Å². The van der Waals surface area contributed by atoms with E-state index in [-0.39, 0.29) is 12.6 Å². The van der Waals surface area contributed by atoms with E-state index in [4.69, 9.17) is 25.8 Å². The number of amides is 2. The third-order valence-corrected chi connectivity index (χ3v) is 4.06. The number of hydrogen-bond donors (Lipinski definition) is 2. The fourth-order valence-electron chi connectivity index (χ4n) is 2.32. The first kappa shape index (κ1) is 18.7. The molecule has 134 valence electrons. The van der Waals surface area contributed by atoms with E-state index in [9.17, 15) is 4.79 Å². The smallest absolute Gasteiger partial charge is 0.319 e. The molecule has 6 nitrogen and oxygen atoms in total. The largest absolute Gasteiger partial charge is 0.493 e. The number of rotatable bonds is 6. The molecule has 2 N–H and O–H groups in total. The van der Waals surface area contributed by atoms with E-state index in [1.54, 1.807) is 25.3 Å². The molecule has 0 heterocycles. The number of anilines is 1. The summed E-state index contributed by atoms with van der Waals surface area (Å²) in [5.74, 6) is 1.55. The summed E-state index contributed by atoms with van der Waals surface area (Å²) in [4.78, 5) is 12.1. The second-order valence-corrected chi connectivity index (χ2v) is 5.67. The van der Waals surface area contributed by atoms with Gasteiger partial charge in [0.2, 0.25) is 5.75 Å². The third kappa shape index (κ3) is 4.48. The molecule has 0 aliphatic carbocycles. The van der Waals surface area contributed by atoms with Crippen LogP contribution in [0, 0.1) is 6.92 Å². The van der Waals surface area contributed by atoms with E-state index in [0.29, 0.717) is 28.0 Å². The summed E-state index contributed by atoms with van der Waals surface area (Å²) in [6.45, 7) is 2.16. The first-order chi connectivity index (χ1) is 12.0. The Morgan fingerprint density at radius 1 is 1.04 bits per heavy atom. The quantitative estimate of drug-likeness (QED) is 0.813. The molecule has 0 aromatic heterocycles. The molecule has 0 radical (unpaired) electrons. The highest BCUT2D eigenvalue weighted by molar-refractivity contribution is 6.31. The van der Waals surface area contributed by atoms with Gasteiger partial charge in [-0.2, -0.15) is 0 Å². The molecular formula is C18H21ClN2O4. The zero-order valence-corrected chi connectivity index (χ0v) is 15.4. The van der Waals surface area contributed by atoms with Crippen LogP contribution in [0.5, 0.6) is 17.2 Å². The minimum atomic E-state index is -0.350. The number of methoxy groups -OCH3 is 3. The maximum Gasteiger partial charge on any atom is 0.319 e. The van der Waals surface area contributed by atoms with Gasteiger partial charge in [-0.15, -0.1) is 0 Å². The van der Waals surface area contributed by atoms with Gasteiger partial charge in [0, 0.05) is 22.8 Å². The summed E-state index contributed by atoms with van der Waals surface area (Å²) in [5.41, 5.74) is 2.33. The number of benzene rings is 2. The first-order valence-electron chi connectivity index (χ1n) is 7.59. The molecule has 0 atom stereocenters. The van der Waals surface area contributed by atoms with E-state index in [2.05, 4.69) is 10.6 Å². The van der Waals surface area contributed by atoms with Crippen LogP contribution in [0.4, 0.5) is 10.5 Å². The van der Waals surface area contributed by atoms with Gasteiger partial charge in [-0.3, -0.25) is 0 Å². The van der Waals surface area contributed by atoms with Crippen LogP contribution in [-0.2, 0) is 6.54 Å². The molecule has 25 heavy (non-hydrogen) atoms. The minimum absolute atomic E-state index is 0.259. The summed E-state index contributed by atoms with van der Waals surface area (Å²) < 4.78 is 16.0. The fourth-order valence-corrected chi connectivity index (χ4v) is 2.50. The standard InChI is InChI=1S/C18H21ClN2O4/c1-11-5-7-13(9-14(11)19)21-18(22)20-10-12-6-8-15(23-2)17(25-4)16(12)24-3/h5-9H,10H2,1-4H3,(H2,20,21,22).